The van der Waals surface area contributed by atoms with Gasteiger partial charge in [-0.3, -0.25) is 9.80 Å². The Morgan fingerprint density at radius 2 is 1.86 bits per heavy atom. The van der Waals surface area contributed by atoms with E-state index in [9.17, 15) is 4.79 Å². The van der Waals surface area contributed by atoms with E-state index in [-0.39, 0.29) is 5.97 Å². The highest BCUT2D eigenvalue weighted by atomic mass is 35.5. The molecule has 7 heteroatoms. The van der Waals surface area contributed by atoms with E-state index in [2.05, 4.69) is 21.9 Å². The highest BCUT2D eigenvalue weighted by molar-refractivity contribution is 7.18. The molecule has 1 unspecified atom stereocenters. The van der Waals surface area contributed by atoms with Gasteiger partial charge in [-0.1, -0.05) is 35.9 Å². The number of ether oxygens (including phenoxy) is 1. The molecule has 1 saturated heterocycles. The number of halogens is 1. The summed E-state index contributed by atoms with van der Waals surface area (Å²) in [6.45, 7) is 4.21. The minimum Gasteiger partial charge on any atom is -0.468 e. The third-order valence-electron chi connectivity index (χ3n) is 5.08. The summed E-state index contributed by atoms with van der Waals surface area (Å²) in [6.07, 6.45) is 0. The first-order chi connectivity index (χ1) is 13.6. The Morgan fingerprint density at radius 1 is 1.14 bits per heavy atom. The van der Waals surface area contributed by atoms with Gasteiger partial charge in [0.05, 0.1) is 23.9 Å². The van der Waals surface area contributed by atoms with Gasteiger partial charge < -0.3 is 4.74 Å². The molecule has 0 spiro atoms. The number of para-hydroxylation sites is 1. The van der Waals surface area contributed by atoms with E-state index in [4.69, 9.17) is 21.3 Å². The monoisotopic (exact) mass is 415 g/mol. The lowest BCUT2D eigenvalue weighted by Gasteiger charge is -2.38. The number of hydrogen-bond donors (Lipinski definition) is 0. The molecule has 0 bridgehead atoms. The van der Waals surface area contributed by atoms with Gasteiger partial charge in [-0.25, -0.2) is 9.78 Å². The fourth-order valence-corrected chi connectivity index (χ4v) is 4.75. The maximum absolute atomic E-state index is 12.4. The number of carbonyl (C=O) groups excluding carboxylic acids is 1. The fourth-order valence-electron chi connectivity index (χ4n) is 3.61. The predicted octanol–water partition coefficient (Wildman–Crippen LogP) is 3.98. The third kappa shape index (κ3) is 4.20. The second-order valence-corrected chi connectivity index (χ2v) is 8.42. The number of methoxy groups -OCH3 is 1. The molecule has 0 radical (unpaired) electrons. The molecule has 1 aliphatic heterocycles. The van der Waals surface area contributed by atoms with Gasteiger partial charge in [0, 0.05) is 31.2 Å². The minimum absolute atomic E-state index is 0.234. The van der Waals surface area contributed by atoms with Crippen molar-refractivity contribution in [1.29, 1.82) is 0 Å². The molecule has 1 fully saturated rings. The molecule has 1 aromatic heterocycles. The van der Waals surface area contributed by atoms with Crippen molar-refractivity contribution in [3.05, 3.63) is 64.1 Å². The first-order valence-corrected chi connectivity index (χ1v) is 10.5. The van der Waals surface area contributed by atoms with Crippen LogP contribution in [-0.4, -0.2) is 54.0 Å². The van der Waals surface area contributed by atoms with E-state index in [1.807, 2.05) is 36.4 Å². The van der Waals surface area contributed by atoms with E-state index < -0.39 is 6.04 Å². The summed E-state index contributed by atoms with van der Waals surface area (Å²) in [7, 11) is 1.44. The van der Waals surface area contributed by atoms with Crippen LogP contribution < -0.4 is 0 Å². The van der Waals surface area contributed by atoms with E-state index in [0.717, 1.165) is 48.8 Å². The standard InChI is InChI=1S/C21H22ClN3O2S/c1-27-21(26)20(15-6-8-16(22)9-7-15)25-12-10-24(11-13-25)14-19-23-17-4-2-3-5-18(17)28-19/h2-9,20H,10-14H2,1H3. The minimum atomic E-state index is -0.396. The Labute approximate surface area is 173 Å². The lowest BCUT2D eigenvalue weighted by atomic mass is 10.0. The van der Waals surface area contributed by atoms with Crippen molar-refractivity contribution in [1.82, 2.24) is 14.8 Å². The fraction of sp³-hybridized carbons (Fsp3) is 0.333. The SMILES string of the molecule is COC(=O)C(c1ccc(Cl)cc1)N1CCN(Cc2nc3ccccc3s2)CC1. The number of fused-ring (bicyclic) bond motifs is 1. The van der Waals surface area contributed by atoms with Crippen LogP contribution in [0.3, 0.4) is 0 Å². The van der Waals surface area contributed by atoms with Crippen LogP contribution in [0.25, 0.3) is 10.2 Å². The van der Waals surface area contributed by atoms with Gasteiger partial charge in [0.15, 0.2) is 0 Å². The molecular weight excluding hydrogens is 394 g/mol. The van der Waals surface area contributed by atoms with Gasteiger partial charge >= 0.3 is 5.97 Å². The zero-order chi connectivity index (χ0) is 19.5. The molecule has 0 saturated carbocycles. The highest BCUT2D eigenvalue weighted by Crippen LogP contribution is 2.27. The number of rotatable bonds is 5. The van der Waals surface area contributed by atoms with Gasteiger partial charge in [0.2, 0.25) is 0 Å². The quantitative estimate of drug-likeness (QED) is 0.590. The van der Waals surface area contributed by atoms with Crippen LogP contribution in [0.4, 0.5) is 0 Å². The van der Waals surface area contributed by atoms with Crippen LogP contribution >= 0.6 is 22.9 Å². The largest absolute Gasteiger partial charge is 0.468 e. The first kappa shape index (κ1) is 19.3. The van der Waals surface area contributed by atoms with Crippen molar-refractivity contribution < 1.29 is 9.53 Å². The number of piperazine rings is 1. The normalized spacial score (nSPS) is 16.9. The molecule has 2 heterocycles. The molecule has 146 valence electrons. The molecule has 1 atom stereocenters. The summed E-state index contributed by atoms with van der Waals surface area (Å²) < 4.78 is 6.30. The van der Waals surface area contributed by atoms with Crippen LogP contribution in [0.1, 0.15) is 16.6 Å². The molecule has 0 aliphatic carbocycles. The smallest absolute Gasteiger partial charge is 0.327 e. The lowest BCUT2D eigenvalue weighted by molar-refractivity contribution is -0.148. The number of nitrogens with zero attached hydrogens (tertiary/aromatic N) is 3. The Balaban J connectivity index is 1.42. The number of aromatic nitrogens is 1. The summed E-state index contributed by atoms with van der Waals surface area (Å²) in [5.74, 6) is -0.234. The summed E-state index contributed by atoms with van der Waals surface area (Å²) in [4.78, 5) is 21.8. The highest BCUT2D eigenvalue weighted by Gasteiger charge is 2.31. The van der Waals surface area contributed by atoms with E-state index in [1.54, 1.807) is 11.3 Å². The van der Waals surface area contributed by atoms with Gasteiger partial charge in [-0.15, -0.1) is 11.3 Å². The number of hydrogen-bond acceptors (Lipinski definition) is 6. The van der Waals surface area contributed by atoms with Gasteiger partial charge in [-0.05, 0) is 29.8 Å². The summed E-state index contributed by atoms with van der Waals surface area (Å²) in [6, 6.07) is 15.3. The summed E-state index contributed by atoms with van der Waals surface area (Å²) in [5.41, 5.74) is 1.98. The zero-order valence-corrected chi connectivity index (χ0v) is 17.2. The average Bonchev–Trinajstić information content (AvgIpc) is 3.13. The molecule has 28 heavy (non-hydrogen) atoms. The van der Waals surface area contributed by atoms with Gasteiger partial charge in [0.1, 0.15) is 11.0 Å². The number of carbonyl (C=O) groups is 1. The molecule has 5 nitrogen and oxygen atoms in total. The van der Waals surface area contributed by atoms with Crippen molar-refractivity contribution in [2.75, 3.05) is 33.3 Å². The van der Waals surface area contributed by atoms with Crippen LogP contribution in [0, 0.1) is 0 Å². The van der Waals surface area contributed by atoms with E-state index in [0.29, 0.717) is 5.02 Å². The summed E-state index contributed by atoms with van der Waals surface area (Å²) in [5, 5.41) is 1.80. The van der Waals surface area contributed by atoms with Crippen molar-refractivity contribution in [3.8, 4) is 0 Å². The van der Waals surface area contributed by atoms with Crippen molar-refractivity contribution in [2.24, 2.45) is 0 Å². The Hall–Kier alpha value is -1.99. The Bertz CT molecular complexity index is 919. The third-order valence-corrected chi connectivity index (χ3v) is 6.35. The molecule has 3 aromatic rings. The number of thiazole rings is 1. The van der Waals surface area contributed by atoms with Crippen LogP contribution in [0.15, 0.2) is 48.5 Å². The maximum atomic E-state index is 12.4. The zero-order valence-electron chi connectivity index (χ0n) is 15.7. The maximum Gasteiger partial charge on any atom is 0.327 e. The average molecular weight is 416 g/mol. The molecular formula is C21H22ClN3O2S. The molecule has 2 aromatic carbocycles. The van der Waals surface area contributed by atoms with Crippen LogP contribution in [0.2, 0.25) is 5.02 Å². The summed E-state index contributed by atoms with van der Waals surface area (Å²) >= 11 is 7.75. The van der Waals surface area contributed by atoms with Crippen molar-refractivity contribution >= 4 is 39.1 Å². The van der Waals surface area contributed by atoms with Gasteiger partial charge in [0.25, 0.3) is 0 Å². The lowest BCUT2D eigenvalue weighted by Crippen LogP contribution is -2.49. The van der Waals surface area contributed by atoms with Crippen LogP contribution in [0.5, 0.6) is 0 Å². The second-order valence-electron chi connectivity index (χ2n) is 6.86. The number of esters is 1. The number of benzene rings is 2. The topological polar surface area (TPSA) is 45.7 Å². The van der Waals surface area contributed by atoms with Crippen molar-refractivity contribution in [3.63, 3.8) is 0 Å². The van der Waals surface area contributed by atoms with Crippen LogP contribution in [-0.2, 0) is 16.1 Å². The predicted molar refractivity (Wildman–Crippen MR) is 113 cm³/mol. The molecule has 1 aliphatic rings. The molecule has 0 N–H and O–H groups in total. The molecule has 0 amide bonds. The van der Waals surface area contributed by atoms with Gasteiger partial charge in [-0.2, -0.15) is 0 Å². The first-order valence-electron chi connectivity index (χ1n) is 9.28. The Kier molecular flexibility index (Phi) is 5.92. The Morgan fingerprint density at radius 3 is 2.54 bits per heavy atom. The van der Waals surface area contributed by atoms with E-state index >= 15 is 0 Å². The molecule has 4 rings (SSSR count). The second kappa shape index (κ2) is 8.57. The van der Waals surface area contributed by atoms with E-state index in [1.165, 1.54) is 11.8 Å². The van der Waals surface area contributed by atoms with Crippen molar-refractivity contribution in [2.45, 2.75) is 12.6 Å².